The first-order valence-electron chi connectivity index (χ1n) is 7.00. The summed E-state index contributed by atoms with van der Waals surface area (Å²) >= 11 is 0.714. The predicted molar refractivity (Wildman–Crippen MR) is 78.9 cm³/mol. The second kappa shape index (κ2) is 5.49. The van der Waals surface area contributed by atoms with Gasteiger partial charge in [-0.3, -0.25) is 4.79 Å². The molecule has 0 radical (unpaired) electrons. The van der Waals surface area contributed by atoms with Gasteiger partial charge in [0, 0.05) is 17.1 Å². The molecule has 0 atom stereocenters. The molecule has 1 aliphatic heterocycles. The molecule has 1 aromatic rings. The van der Waals surface area contributed by atoms with Gasteiger partial charge in [0.2, 0.25) is 0 Å². The molecule has 4 nitrogen and oxygen atoms in total. The third-order valence-electron chi connectivity index (χ3n) is 3.57. The Morgan fingerprint density at radius 2 is 1.86 bits per heavy atom. The molecule has 0 spiro atoms. The smallest absolute Gasteiger partial charge is 0.348 e. The molecular weight excluding hydrogens is 315 g/mol. The maximum Gasteiger partial charge on any atom is 0.434 e. The Kier molecular flexibility index (Phi) is 4.29. The Labute approximate surface area is 131 Å². The molecule has 0 aliphatic carbocycles. The Morgan fingerprint density at radius 3 is 2.36 bits per heavy atom. The fourth-order valence-electron chi connectivity index (χ4n) is 3.28. The van der Waals surface area contributed by atoms with Gasteiger partial charge in [-0.15, -0.1) is 11.3 Å². The highest BCUT2D eigenvalue weighted by atomic mass is 32.1. The molecule has 124 valence electrons. The zero-order valence-corrected chi connectivity index (χ0v) is 13.8. The molecule has 2 heterocycles. The molecule has 2 rings (SSSR count). The minimum absolute atomic E-state index is 0.179. The number of thiazole rings is 1. The molecule has 8 heteroatoms. The quantitative estimate of drug-likeness (QED) is 0.873. The zero-order chi connectivity index (χ0) is 16.8. The van der Waals surface area contributed by atoms with Crippen LogP contribution in [-0.4, -0.2) is 28.0 Å². The van der Waals surface area contributed by atoms with Gasteiger partial charge in [-0.1, -0.05) is 0 Å². The summed E-state index contributed by atoms with van der Waals surface area (Å²) in [6, 6.07) is -0.179. The van der Waals surface area contributed by atoms with Crippen molar-refractivity contribution in [2.75, 3.05) is 0 Å². The number of carbonyl (C=O) groups excluding carboxylic acids is 1. The molecule has 1 fully saturated rings. The third-order valence-corrected chi connectivity index (χ3v) is 4.39. The Balaban J connectivity index is 2.14. The molecule has 0 saturated carbocycles. The average molecular weight is 335 g/mol. The number of halogens is 3. The highest BCUT2D eigenvalue weighted by Crippen LogP contribution is 2.33. The Hall–Kier alpha value is -1.15. The van der Waals surface area contributed by atoms with Crippen LogP contribution in [0.4, 0.5) is 13.2 Å². The normalized spacial score (nSPS) is 21.6. The number of nitrogens with one attached hydrogen (secondary N) is 2. The largest absolute Gasteiger partial charge is 0.434 e. The fraction of sp³-hybridized carbons (Fsp3) is 0.714. The number of hydrogen-bond acceptors (Lipinski definition) is 4. The molecule has 1 saturated heterocycles. The van der Waals surface area contributed by atoms with Crippen LogP contribution in [0, 0.1) is 0 Å². The number of hydrogen-bond donors (Lipinski definition) is 2. The summed E-state index contributed by atoms with van der Waals surface area (Å²) in [5.74, 6) is -0.701. The molecule has 1 aromatic heterocycles. The van der Waals surface area contributed by atoms with Crippen molar-refractivity contribution in [1.82, 2.24) is 15.6 Å². The van der Waals surface area contributed by atoms with Crippen molar-refractivity contribution in [3.05, 3.63) is 16.1 Å². The number of carbonyl (C=O) groups is 1. The Morgan fingerprint density at radius 1 is 1.32 bits per heavy atom. The van der Waals surface area contributed by atoms with E-state index in [0.717, 1.165) is 5.51 Å². The number of amides is 1. The number of aromatic nitrogens is 1. The summed E-state index contributed by atoms with van der Waals surface area (Å²) < 4.78 is 38.5. The summed E-state index contributed by atoms with van der Waals surface area (Å²) in [5.41, 5.74) is -0.448. The lowest BCUT2D eigenvalue weighted by molar-refractivity contribution is -0.141. The molecule has 1 amide bonds. The molecular formula is C14H20F3N3OS. The molecule has 0 bridgehead atoms. The number of nitrogens with zero attached hydrogens (tertiary/aromatic N) is 1. The van der Waals surface area contributed by atoms with Crippen molar-refractivity contribution in [2.24, 2.45) is 0 Å². The van der Waals surface area contributed by atoms with E-state index in [0.29, 0.717) is 24.2 Å². The van der Waals surface area contributed by atoms with Crippen LogP contribution in [0.1, 0.15) is 55.9 Å². The molecule has 0 aromatic carbocycles. The Bertz CT molecular complexity index is 550. The van der Waals surface area contributed by atoms with Gasteiger partial charge in [-0.05, 0) is 40.5 Å². The van der Waals surface area contributed by atoms with E-state index in [1.807, 2.05) is 27.7 Å². The lowest BCUT2D eigenvalue weighted by atomic mass is 9.79. The first-order valence-corrected chi connectivity index (χ1v) is 7.88. The van der Waals surface area contributed by atoms with Crippen LogP contribution in [0.25, 0.3) is 0 Å². The number of alkyl halides is 3. The lowest BCUT2D eigenvalue weighted by Gasteiger charge is -2.46. The van der Waals surface area contributed by atoms with Crippen LogP contribution in [0.5, 0.6) is 0 Å². The first-order chi connectivity index (χ1) is 9.90. The van der Waals surface area contributed by atoms with Gasteiger partial charge in [0.1, 0.15) is 4.88 Å². The van der Waals surface area contributed by atoms with Gasteiger partial charge in [-0.25, -0.2) is 4.98 Å². The van der Waals surface area contributed by atoms with Gasteiger partial charge in [0.25, 0.3) is 5.91 Å². The van der Waals surface area contributed by atoms with E-state index in [1.54, 1.807) is 0 Å². The van der Waals surface area contributed by atoms with E-state index < -0.39 is 17.8 Å². The fourth-order valence-corrected chi connectivity index (χ4v) is 3.99. The molecule has 22 heavy (non-hydrogen) atoms. The van der Waals surface area contributed by atoms with Crippen molar-refractivity contribution in [3.63, 3.8) is 0 Å². The van der Waals surface area contributed by atoms with Crippen LogP contribution in [-0.2, 0) is 6.18 Å². The minimum atomic E-state index is -4.61. The summed E-state index contributed by atoms with van der Waals surface area (Å²) in [6.45, 7) is 8.06. The molecule has 0 unspecified atom stereocenters. The van der Waals surface area contributed by atoms with Crippen LogP contribution in [0.15, 0.2) is 5.51 Å². The van der Waals surface area contributed by atoms with Crippen LogP contribution in [0.2, 0.25) is 0 Å². The number of rotatable bonds is 2. The maximum atomic E-state index is 12.8. The standard InChI is InChI=1S/C14H20F3N3OS/c1-12(2)5-8(6-13(3,4)20-12)19-11(21)9-10(14(15,16)17)18-7-22-9/h7-8,20H,5-6H2,1-4H3,(H,19,21). The highest BCUT2D eigenvalue weighted by molar-refractivity contribution is 7.11. The van der Waals surface area contributed by atoms with Crippen molar-refractivity contribution >= 4 is 17.2 Å². The molecule has 2 N–H and O–H groups in total. The van der Waals surface area contributed by atoms with Gasteiger partial charge in [-0.2, -0.15) is 13.2 Å². The van der Waals surface area contributed by atoms with Crippen LogP contribution >= 0.6 is 11.3 Å². The van der Waals surface area contributed by atoms with Crippen molar-refractivity contribution in [1.29, 1.82) is 0 Å². The van der Waals surface area contributed by atoms with Gasteiger partial charge in [0.05, 0.1) is 5.51 Å². The van der Waals surface area contributed by atoms with E-state index in [1.165, 1.54) is 0 Å². The van der Waals surface area contributed by atoms with Gasteiger partial charge < -0.3 is 10.6 Å². The van der Waals surface area contributed by atoms with Crippen molar-refractivity contribution in [2.45, 2.75) is 63.8 Å². The van der Waals surface area contributed by atoms with Crippen molar-refractivity contribution in [3.8, 4) is 0 Å². The summed E-state index contributed by atoms with van der Waals surface area (Å²) in [6.07, 6.45) is -3.30. The highest BCUT2D eigenvalue weighted by Gasteiger charge is 2.41. The van der Waals surface area contributed by atoms with E-state index >= 15 is 0 Å². The second-order valence-corrected chi connectivity index (χ2v) is 7.85. The molecule has 1 aliphatic rings. The summed E-state index contributed by atoms with van der Waals surface area (Å²) in [4.78, 5) is 15.1. The first kappa shape index (κ1) is 17.2. The van der Waals surface area contributed by atoms with Gasteiger partial charge >= 0.3 is 6.18 Å². The lowest BCUT2D eigenvalue weighted by Crippen LogP contribution is -2.62. The monoisotopic (exact) mass is 335 g/mol. The SMILES string of the molecule is CC1(C)CC(NC(=O)c2scnc2C(F)(F)F)CC(C)(C)N1. The summed E-state index contributed by atoms with van der Waals surface area (Å²) in [5, 5.41) is 6.20. The van der Waals surface area contributed by atoms with E-state index in [-0.39, 0.29) is 22.0 Å². The predicted octanol–water partition coefficient (Wildman–Crippen LogP) is 3.20. The average Bonchev–Trinajstić information content (AvgIpc) is 2.71. The van der Waals surface area contributed by atoms with Crippen molar-refractivity contribution < 1.29 is 18.0 Å². The topological polar surface area (TPSA) is 54.0 Å². The van der Waals surface area contributed by atoms with Gasteiger partial charge in [0.15, 0.2) is 5.69 Å². The zero-order valence-electron chi connectivity index (χ0n) is 13.0. The second-order valence-electron chi connectivity index (χ2n) is 7.00. The summed E-state index contributed by atoms with van der Waals surface area (Å²) in [7, 11) is 0. The minimum Gasteiger partial charge on any atom is -0.348 e. The van der Waals surface area contributed by atoms with E-state index in [4.69, 9.17) is 0 Å². The maximum absolute atomic E-state index is 12.8. The van der Waals surface area contributed by atoms with E-state index in [9.17, 15) is 18.0 Å². The van der Waals surface area contributed by atoms with Crippen LogP contribution < -0.4 is 10.6 Å². The third kappa shape index (κ3) is 3.98. The van der Waals surface area contributed by atoms with E-state index in [2.05, 4.69) is 15.6 Å². The van der Waals surface area contributed by atoms with Crippen LogP contribution in [0.3, 0.4) is 0 Å². The number of piperidine rings is 1.